The number of aromatic nitrogens is 2. The number of ether oxygens (including phenoxy) is 2. The van der Waals surface area contributed by atoms with Crippen LogP contribution in [0.4, 0.5) is 5.69 Å². The highest BCUT2D eigenvalue weighted by Crippen LogP contribution is 2.35. The average molecular weight is 463 g/mol. The third kappa shape index (κ3) is 4.25. The van der Waals surface area contributed by atoms with E-state index in [9.17, 15) is 4.79 Å². The van der Waals surface area contributed by atoms with Gasteiger partial charge in [-0.25, -0.2) is 0 Å². The molecule has 5 rings (SSSR count). The minimum atomic E-state index is -0.0319. The zero-order valence-electron chi connectivity index (χ0n) is 19.9. The molecule has 1 fully saturated rings. The smallest absolute Gasteiger partial charge is 0.241 e. The van der Waals surface area contributed by atoms with E-state index < -0.39 is 0 Å². The molecule has 8 heteroatoms. The van der Waals surface area contributed by atoms with Crippen LogP contribution in [0.5, 0.6) is 11.5 Å². The Morgan fingerprint density at radius 1 is 1.15 bits per heavy atom. The summed E-state index contributed by atoms with van der Waals surface area (Å²) in [5, 5.41) is 4.15. The summed E-state index contributed by atoms with van der Waals surface area (Å²) in [5.41, 5.74) is 3.11. The lowest BCUT2D eigenvalue weighted by Crippen LogP contribution is -2.46. The molecule has 0 aliphatic carbocycles. The molecule has 0 N–H and O–H groups in total. The van der Waals surface area contributed by atoms with Crippen molar-refractivity contribution in [3.8, 4) is 22.9 Å². The Bertz CT molecular complexity index is 1180. The monoisotopic (exact) mass is 462 g/mol. The number of carbonyl (C=O) groups is 1. The van der Waals surface area contributed by atoms with Gasteiger partial charge in [-0.2, -0.15) is 4.98 Å². The fourth-order valence-corrected chi connectivity index (χ4v) is 5.10. The number of piperidine rings is 1. The Kier molecular flexibility index (Phi) is 6.24. The van der Waals surface area contributed by atoms with Crippen molar-refractivity contribution in [2.45, 2.75) is 38.8 Å². The first-order valence-electron chi connectivity index (χ1n) is 11.8. The van der Waals surface area contributed by atoms with Gasteiger partial charge in [0, 0.05) is 23.8 Å². The van der Waals surface area contributed by atoms with Crippen LogP contribution in [0.2, 0.25) is 0 Å². The topological polar surface area (TPSA) is 80.9 Å². The van der Waals surface area contributed by atoms with Gasteiger partial charge in [0.1, 0.15) is 0 Å². The molecule has 2 unspecified atom stereocenters. The molecule has 3 heterocycles. The van der Waals surface area contributed by atoms with E-state index in [0.717, 1.165) is 37.1 Å². The minimum Gasteiger partial charge on any atom is -0.493 e. The summed E-state index contributed by atoms with van der Waals surface area (Å²) in [4.78, 5) is 22.3. The van der Waals surface area contributed by atoms with Gasteiger partial charge in [-0.3, -0.25) is 9.69 Å². The predicted octanol–water partition coefficient (Wildman–Crippen LogP) is 3.94. The van der Waals surface area contributed by atoms with Gasteiger partial charge < -0.3 is 18.9 Å². The van der Waals surface area contributed by atoms with E-state index in [1.165, 1.54) is 5.56 Å². The van der Waals surface area contributed by atoms with Crippen LogP contribution >= 0.6 is 0 Å². The van der Waals surface area contributed by atoms with Crippen molar-refractivity contribution in [3.63, 3.8) is 0 Å². The number of hydrogen-bond acceptors (Lipinski definition) is 7. The quantitative estimate of drug-likeness (QED) is 0.549. The van der Waals surface area contributed by atoms with Crippen LogP contribution in [0.25, 0.3) is 11.4 Å². The van der Waals surface area contributed by atoms with E-state index in [-0.39, 0.29) is 17.9 Å². The summed E-state index contributed by atoms with van der Waals surface area (Å²) in [6.07, 6.45) is 2.79. The molecule has 0 saturated carbocycles. The Balaban J connectivity index is 1.26. The van der Waals surface area contributed by atoms with Crippen molar-refractivity contribution in [1.29, 1.82) is 0 Å². The van der Waals surface area contributed by atoms with E-state index in [2.05, 4.69) is 34.1 Å². The van der Waals surface area contributed by atoms with Gasteiger partial charge in [0.25, 0.3) is 0 Å². The largest absolute Gasteiger partial charge is 0.493 e. The Hall–Kier alpha value is -3.39. The second-order valence-electron chi connectivity index (χ2n) is 9.05. The molecule has 1 aromatic heterocycles. The Morgan fingerprint density at radius 3 is 2.79 bits per heavy atom. The maximum absolute atomic E-state index is 13.5. The van der Waals surface area contributed by atoms with Crippen molar-refractivity contribution >= 4 is 11.6 Å². The summed E-state index contributed by atoms with van der Waals surface area (Å²) in [6.45, 7) is 4.26. The summed E-state index contributed by atoms with van der Waals surface area (Å²) in [5.74, 6) is 2.49. The highest BCUT2D eigenvalue weighted by atomic mass is 16.5. The van der Waals surface area contributed by atoms with Crippen LogP contribution in [0.15, 0.2) is 47.0 Å². The van der Waals surface area contributed by atoms with Crippen molar-refractivity contribution in [2.75, 3.05) is 32.2 Å². The second-order valence-corrected chi connectivity index (χ2v) is 9.05. The van der Waals surface area contributed by atoms with E-state index in [0.29, 0.717) is 36.3 Å². The van der Waals surface area contributed by atoms with Gasteiger partial charge in [-0.1, -0.05) is 23.4 Å². The molecule has 178 valence electrons. The van der Waals surface area contributed by atoms with E-state index >= 15 is 0 Å². The lowest BCUT2D eigenvalue weighted by Gasteiger charge is -2.34. The maximum atomic E-state index is 13.5. The molecule has 0 bridgehead atoms. The Labute approximate surface area is 199 Å². The highest BCUT2D eigenvalue weighted by molar-refractivity contribution is 5.97. The molecule has 3 aromatic rings. The zero-order chi connectivity index (χ0) is 23.7. The van der Waals surface area contributed by atoms with Gasteiger partial charge in [0.2, 0.25) is 17.6 Å². The van der Waals surface area contributed by atoms with Crippen molar-refractivity contribution < 1.29 is 18.8 Å². The summed E-state index contributed by atoms with van der Waals surface area (Å²) in [7, 11) is 3.20. The average Bonchev–Trinajstić information content (AvgIpc) is 3.46. The minimum absolute atomic E-state index is 0.0319. The van der Waals surface area contributed by atoms with Crippen LogP contribution in [-0.2, 0) is 17.8 Å². The maximum Gasteiger partial charge on any atom is 0.241 e. The number of fused-ring (bicyclic) bond motifs is 1. The Morgan fingerprint density at radius 2 is 1.97 bits per heavy atom. The van der Waals surface area contributed by atoms with Gasteiger partial charge >= 0.3 is 0 Å². The van der Waals surface area contributed by atoms with Gasteiger partial charge in [-0.05, 0) is 62.6 Å². The molecule has 0 spiro atoms. The molecular formula is C26H30N4O4. The number of rotatable bonds is 6. The van der Waals surface area contributed by atoms with E-state index in [1.807, 2.05) is 35.2 Å². The molecule has 2 atom stereocenters. The number of likely N-dealkylation sites (tertiary alicyclic amines) is 1. The second kappa shape index (κ2) is 9.46. The van der Waals surface area contributed by atoms with Crippen LogP contribution in [0.1, 0.15) is 31.2 Å². The number of carbonyl (C=O) groups excluding carboxylic acids is 1. The fourth-order valence-electron chi connectivity index (χ4n) is 5.10. The van der Waals surface area contributed by atoms with Crippen LogP contribution in [0.3, 0.4) is 0 Å². The van der Waals surface area contributed by atoms with Crippen LogP contribution in [0, 0.1) is 5.92 Å². The lowest BCUT2D eigenvalue weighted by atomic mass is 9.96. The van der Waals surface area contributed by atoms with Crippen molar-refractivity contribution in [1.82, 2.24) is 15.0 Å². The molecule has 2 aliphatic rings. The fraction of sp³-hybridized carbons (Fsp3) is 0.423. The molecule has 0 radical (unpaired) electrons. The molecule has 8 nitrogen and oxygen atoms in total. The van der Waals surface area contributed by atoms with Crippen molar-refractivity contribution in [2.24, 2.45) is 5.92 Å². The number of benzene rings is 2. The summed E-state index contributed by atoms with van der Waals surface area (Å²) < 4.78 is 16.2. The SMILES string of the molecule is COc1ccc(-c2noc(CN3CCCC(C(=O)N4c5ccccc5CC4C)C3)n2)cc1OC. The summed E-state index contributed by atoms with van der Waals surface area (Å²) >= 11 is 0. The van der Waals surface area contributed by atoms with Gasteiger partial charge in [0.05, 0.1) is 26.7 Å². The first kappa shape index (κ1) is 22.4. The van der Waals surface area contributed by atoms with Crippen LogP contribution in [-0.4, -0.2) is 54.3 Å². The number of methoxy groups -OCH3 is 2. The van der Waals surface area contributed by atoms with Gasteiger partial charge in [-0.15, -0.1) is 0 Å². The number of anilines is 1. The number of amides is 1. The third-order valence-electron chi connectivity index (χ3n) is 6.77. The first-order chi connectivity index (χ1) is 16.6. The molecule has 34 heavy (non-hydrogen) atoms. The zero-order valence-corrected chi connectivity index (χ0v) is 19.9. The van der Waals surface area contributed by atoms with E-state index in [1.54, 1.807) is 14.2 Å². The normalized spacial score (nSPS) is 20.3. The third-order valence-corrected chi connectivity index (χ3v) is 6.77. The summed E-state index contributed by atoms with van der Waals surface area (Å²) in [6, 6.07) is 14.0. The molecular weight excluding hydrogens is 432 g/mol. The highest BCUT2D eigenvalue weighted by Gasteiger charge is 2.36. The number of para-hydroxylation sites is 1. The molecule has 2 aromatic carbocycles. The van der Waals surface area contributed by atoms with Crippen LogP contribution < -0.4 is 14.4 Å². The standard InChI is InChI=1S/C26H30N4O4/c1-17-13-18-7-4-5-9-21(18)30(17)26(31)20-8-6-12-29(15-20)16-24-27-25(28-34-24)19-10-11-22(32-2)23(14-19)33-3/h4-5,7,9-11,14,17,20H,6,8,12-13,15-16H2,1-3H3. The number of hydrogen-bond donors (Lipinski definition) is 0. The van der Waals surface area contributed by atoms with Gasteiger partial charge in [0.15, 0.2) is 11.5 Å². The lowest BCUT2D eigenvalue weighted by molar-refractivity contribution is -0.124. The molecule has 2 aliphatic heterocycles. The number of nitrogens with zero attached hydrogens (tertiary/aromatic N) is 4. The molecule has 1 amide bonds. The first-order valence-corrected chi connectivity index (χ1v) is 11.8. The van der Waals surface area contributed by atoms with E-state index in [4.69, 9.17) is 14.0 Å². The molecule has 1 saturated heterocycles. The van der Waals surface area contributed by atoms with Crippen molar-refractivity contribution in [3.05, 3.63) is 53.9 Å². The predicted molar refractivity (Wildman–Crippen MR) is 128 cm³/mol.